The summed E-state index contributed by atoms with van der Waals surface area (Å²) in [6.07, 6.45) is 3.05. The minimum absolute atomic E-state index is 0.145. The Morgan fingerprint density at radius 2 is 2.03 bits per heavy atom. The zero-order valence-electron chi connectivity index (χ0n) is 17.8. The van der Waals surface area contributed by atoms with Crippen LogP contribution in [0.15, 0.2) is 42.6 Å². The highest BCUT2D eigenvalue weighted by atomic mass is 19.1. The number of ether oxygens (including phenoxy) is 1. The molecule has 1 aliphatic heterocycles. The summed E-state index contributed by atoms with van der Waals surface area (Å²) in [4.78, 5) is 7.11. The molecule has 7 nitrogen and oxygen atoms in total. The van der Waals surface area contributed by atoms with Crippen molar-refractivity contribution in [2.24, 2.45) is 5.73 Å². The number of halogens is 1. The molecule has 31 heavy (non-hydrogen) atoms. The van der Waals surface area contributed by atoms with Crippen LogP contribution in [0, 0.1) is 5.82 Å². The van der Waals surface area contributed by atoms with Gasteiger partial charge in [0.15, 0.2) is 11.5 Å². The molecular weight excluding hydrogens is 395 g/mol. The van der Waals surface area contributed by atoms with E-state index < -0.39 is 0 Å². The fraction of sp³-hybridized carbons (Fsp3) is 0.348. The van der Waals surface area contributed by atoms with Gasteiger partial charge in [-0.1, -0.05) is 12.1 Å². The maximum Gasteiger partial charge on any atom is 0.187 e. The predicted molar refractivity (Wildman–Crippen MR) is 117 cm³/mol. The van der Waals surface area contributed by atoms with Gasteiger partial charge in [-0.05, 0) is 44.0 Å². The number of hydrogen-bond acceptors (Lipinski definition) is 6. The summed E-state index contributed by atoms with van der Waals surface area (Å²) in [5.41, 5.74) is 9.31. The summed E-state index contributed by atoms with van der Waals surface area (Å²) in [6, 6.07) is 10.7. The molecule has 160 valence electrons. The van der Waals surface area contributed by atoms with Gasteiger partial charge in [0.05, 0.1) is 7.11 Å². The molecule has 5 rings (SSSR count). The molecule has 0 bridgehead atoms. The number of hydrogen-bond donors (Lipinski definition) is 1. The Balaban J connectivity index is 1.56. The molecule has 2 atom stereocenters. The molecule has 3 aromatic heterocycles. The van der Waals surface area contributed by atoms with Gasteiger partial charge in [0.1, 0.15) is 22.8 Å². The van der Waals surface area contributed by atoms with Crippen LogP contribution in [0.3, 0.4) is 0 Å². The lowest BCUT2D eigenvalue weighted by Crippen LogP contribution is -2.39. The molecule has 2 N–H and O–H groups in total. The third-order valence-electron chi connectivity index (χ3n) is 6.16. The van der Waals surface area contributed by atoms with E-state index in [2.05, 4.69) is 41.2 Å². The van der Waals surface area contributed by atoms with E-state index in [-0.39, 0.29) is 17.4 Å². The molecule has 0 aliphatic carbocycles. The zero-order chi connectivity index (χ0) is 21.8. The van der Waals surface area contributed by atoms with Crippen molar-refractivity contribution in [3.63, 3.8) is 0 Å². The molecule has 8 heteroatoms. The number of likely N-dealkylation sites (tertiary alicyclic amines) is 1. The van der Waals surface area contributed by atoms with Crippen LogP contribution in [0.2, 0.25) is 0 Å². The lowest BCUT2D eigenvalue weighted by Gasteiger charge is -2.26. The van der Waals surface area contributed by atoms with Crippen LogP contribution >= 0.6 is 0 Å². The molecular formula is C23H25FN6O. The standard InChI is InChI=1S/C23H25FN6O/c1-14(29-9-8-23(2,25)13-29)16-5-7-20-27-28-22(30(20)12-16)18-6-4-15-10-17(24)11-19(31-3)21(15)26-18/h4-7,10-12,14H,8-9,13,25H2,1-3H3/t14-,23+/m0/s1. The summed E-state index contributed by atoms with van der Waals surface area (Å²) in [5.74, 6) is 0.655. The number of methoxy groups -OCH3 is 1. The Labute approximate surface area is 179 Å². The number of aromatic nitrogens is 4. The fourth-order valence-corrected chi connectivity index (χ4v) is 4.34. The molecule has 4 heterocycles. The normalized spacial score (nSPS) is 20.5. The number of nitrogens with zero attached hydrogens (tertiary/aromatic N) is 5. The summed E-state index contributed by atoms with van der Waals surface area (Å²) < 4.78 is 21.1. The van der Waals surface area contributed by atoms with Crippen molar-refractivity contribution < 1.29 is 9.13 Å². The molecule has 0 spiro atoms. The molecule has 4 aromatic rings. The third kappa shape index (κ3) is 3.51. The highest BCUT2D eigenvalue weighted by Crippen LogP contribution is 2.31. The topological polar surface area (TPSA) is 81.6 Å². The van der Waals surface area contributed by atoms with Crippen LogP contribution in [-0.2, 0) is 0 Å². The second-order valence-electron chi connectivity index (χ2n) is 8.64. The summed E-state index contributed by atoms with van der Waals surface area (Å²) in [6.45, 7) is 6.14. The van der Waals surface area contributed by atoms with Crippen molar-refractivity contribution in [3.05, 3.63) is 54.0 Å². The van der Waals surface area contributed by atoms with Gasteiger partial charge in [-0.2, -0.15) is 0 Å². The molecule has 1 fully saturated rings. The highest BCUT2D eigenvalue weighted by molar-refractivity contribution is 5.86. The van der Waals surface area contributed by atoms with E-state index in [9.17, 15) is 4.39 Å². The first-order chi connectivity index (χ1) is 14.8. The highest BCUT2D eigenvalue weighted by Gasteiger charge is 2.32. The quantitative estimate of drug-likeness (QED) is 0.544. The lowest BCUT2D eigenvalue weighted by atomic mass is 10.0. The van der Waals surface area contributed by atoms with Gasteiger partial charge in [-0.3, -0.25) is 9.30 Å². The van der Waals surface area contributed by atoms with E-state index in [0.29, 0.717) is 28.2 Å². The average molecular weight is 420 g/mol. The van der Waals surface area contributed by atoms with Crippen LogP contribution in [0.4, 0.5) is 4.39 Å². The van der Waals surface area contributed by atoms with E-state index in [1.54, 1.807) is 0 Å². The van der Waals surface area contributed by atoms with Crippen LogP contribution in [0.1, 0.15) is 31.9 Å². The molecule has 0 saturated carbocycles. The minimum atomic E-state index is -0.360. The molecule has 1 saturated heterocycles. The van der Waals surface area contributed by atoms with Crippen LogP contribution in [0.5, 0.6) is 5.75 Å². The zero-order valence-corrected chi connectivity index (χ0v) is 17.8. The van der Waals surface area contributed by atoms with Crippen molar-refractivity contribution in [2.45, 2.75) is 31.8 Å². The number of fused-ring (bicyclic) bond motifs is 2. The maximum atomic E-state index is 13.8. The van der Waals surface area contributed by atoms with Crippen molar-refractivity contribution in [1.82, 2.24) is 24.5 Å². The second-order valence-corrected chi connectivity index (χ2v) is 8.64. The van der Waals surface area contributed by atoms with Gasteiger partial charge in [-0.25, -0.2) is 9.37 Å². The van der Waals surface area contributed by atoms with E-state index >= 15 is 0 Å². The Morgan fingerprint density at radius 3 is 2.77 bits per heavy atom. The first-order valence-corrected chi connectivity index (χ1v) is 10.4. The number of benzene rings is 1. The first kappa shape index (κ1) is 19.8. The fourth-order valence-electron chi connectivity index (χ4n) is 4.34. The van der Waals surface area contributed by atoms with Crippen molar-refractivity contribution in [2.75, 3.05) is 20.2 Å². The van der Waals surface area contributed by atoms with Gasteiger partial charge in [-0.15, -0.1) is 10.2 Å². The first-order valence-electron chi connectivity index (χ1n) is 10.4. The molecule has 0 amide bonds. The average Bonchev–Trinajstić information content (AvgIpc) is 3.34. The molecule has 1 aliphatic rings. The molecule has 1 aromatic carbocycles. The van der Waals surface area contributed by atoms with Gasteiger partial charge >= 0.3 is 0 Å². The third-order valence-corrected chi connectivity index (χ3v) is 6.16. The minimum Gasteiger partial charge on any atom is -0.494 e. The SMILES string of the molecule is COc1cc(F)cc2ccc(-c3nnc4ccc([C@H](C)N5CC[C@@](C)(N)C5)cn34)nc12. The summed E-state index contributed by atoms with van der Waals surface area (Å²) in [5, 5.41) is 9.34. The van der Waals surface area contributed by atoms with Crippen LogP contribution in [-0.4, -0.2) is 50.2 Å². The Bertz CT molecular complexity index is 1280. The van der Waals surface area contributed by atoms with Gasteiger partial charge in [0, 0.05) is 42.3 Å². The van der Waals surface area contributed by atoms with E-state index in [1.165, 1.54) is 19.2 Å². The van der Waals surface area contributed by atoms with E-state index in [1.807, 2.05) is 22.6 Å². The maximum absolute atomic E-state index is 13.8. The summed E-state index contributed by atoms with van der Waals surface area (Å²) >= 11 is 0. The Kier molecular flexibility index (Phi) is 4.64. The number of nitrogens with two attached hydrogens (primary N) is 1. The second kappa shape index (κ2) is 7.25. The number of rotatable bonds is 4. The van der Waals surface area contributed by atoms with Gasteiger partial charge in [0.25, 0.3) is 0 Å². The van der Waals surface area contributed by atoms with Crippen molar-refractivity contribution in [3.8, 4) is 17.3 Å². The van der Waals surface area contributed by atoms with Crippen molar-refractivity contribution >= 4 is 16.6 Å². The largest absolute Gasteiger partial charge is 0.494 e. The van der Waals surface area contributed by atoms with Crippen LogP contribution in [0.25, 0.3) is 28.1 Å². The summed E-state index contributed by atoms with van der Waals surface area (Å²) in [7, 11) is 1.51. The molecule has 0 unspecified atom stereocenters. The van der Waals surface area contributed by atoms with E-state index in [4.69, 9.17) is 15.5 Å². The van der Waals surface area contributed by atoms with Crippen LogP contribution < -0.4 is 10.5 Å². The lowest BCUT2D eigenvalue weighted by molar-refractivity contribution is 0.248. The smallest absolute Gasteiger partial charge is 0.187 e. The number of pyridine rings is 2. The Morgan fingerprint density at radius 1 is 1.19 bits per heavy atom. The van der Waals surface area contributed by atoms with Gasteiger partial charge in [0.2, 0.25) is 0 Å². The monoisotopic (exact) mass is 420 g/mol. The Hall–Kier alpha value is -3.10. The molecule has 0 radical (unpaired) electrons. The predicted octanol–water partition coefficient (Wildman–Crippen LogP) is 3.58. The van der Waals surface area contributed by atoms with Gasteiger partial charge < -0.3 is 10.5 Å². The van der Waals surface area contributed by atoms with E-state index in [0.717, 1.165) is 30.7 Å². The van der Waals surface area contributed by atoms with Crippen molar-refractivity contribution in [1.29, 1.82) is 0 Å².